The van der Waals surface area contributed by atoms with Gasteiger partial charge in [0.25, 0.3) is 0 Å². The molecule has 1 heterocycles. The summed E-state index contributed by atoms with van der Waals surface area (Å²) in [4.78, 5) is 39.4. The fourth-order valence-corrected chi connectivity index (χ4v) is 2.74. The molecule has 0 unspecified atom stereocenters. The lowest BCUT2D eigenvalue weighted by molar-refractivity contribution is -0.115. The maximum absolute atomic E-state index is 12.7. The van der Waals surface area contributed by atoms with E-state index < -0.39 is 18.0 Å². The predicted molar refractivity (Wildman–Crippen MR) is 103 cm³/mol. The molecule has 28 heavy (non-hydrogen) atoms. The van der Waals surface area contributed by atoms with Crippen molar-refractivity contribution in [2.24, 2.45) is 0 Å². The highest BCUT2D eigenvalue weighted by Gasteiger charge is 2.22. The average molecular weight is 375 g/mol. The number of para-hydroxylation sites is 1. The summed E-state index contributed by atoms with van der Waals surface area (Å²) in [6.45, 7) is 1.53. The van der Waals surface area contributed by atoms with Crippen molar-refractivity contribution in [1.29, 1.82) is 5.26 Å². The third kappa shape index (κ3) is 4.07. The Morgan fingerprint density at radius 3 is 2.57 bits per heavy atom. The quantitative estimate of drug-likeness (QED) is 0.506. The second-order valence-electron chi connectivity index (χ2n) is 6.12. The Hall–Kier alpha value is -3.92. The first-order valence-electron chi connectivity index (χ1n) is 8.58. The molecule has 0 saturated carbocycles. The summed E-state index contributed by atoms with van der Waals surface area (Å²) >= 11 is 0. The molecule has 3 rings (SSSR count). The number of aromatic nitrogens is 1. The number of anilines is 1. The number of rotatable bonds is 6. The molecule has 140 valence electrons. The number of aromatic amines is 1. The molecule has 0 aliphatic carbocycles. The van der Waals surface area contributed by atoms with E-state index in [9.17, 15) is 14.4 Å². The van der Waals surface area contributed by atoms with Gasteiger partial charge in [0.15, 0.2) is 6.10 Å². The van der Waals surface area contributed by atoms with E-state index in [1.807, 2.05) is 24.3 Å². The van der Waals surface area contributed by atoms with Gasteiger partial charge in [-0.3, -0.25) is 9.59 Å². The van der Waals surface area contributed by atoms with Crippen molar-refractivity contribution in [3.05, 3.63) is 65.9 Å². The second kappa shape index (κ2) is 8.18. The SMILES string of the molecule is C[C@@H](OC(=O)c1ccc(NC(=O)CC#N)cc1)C(=O)c1c[nH]c2ccccc12. The molecule has 1 aromatic heterocycles. The number of nitrogens with one attached hydrogen (secondary N) is 2. The van der Waals surface area contributed by atoms with Crippen LogP contribution in [0.25, 0.3) is 10.9 Å². The smallest absolute Gasteiger partial charge is 0.338 e. The number of hydrogen-bond donors (Lipinski definition) is 2. The van der Waals surface area contributed by atoms with Crippen molar-refractivity contribution in [3.63, 3.8) is 0 Å². The number of hydrogen-bond acceptors (Lipinski definition) is 5. The molecule has 7 nitrogen and oxygen atoms in total. The molecule has 0 fully saturated rings. The molecular formula is C21H17N3O4. The lowest BCUT2D eigenvalue weighted by Crippen LogP contribution is -2.24. The zero-order chi connectivity index (χ0) is 20.1. The predicted octanol–water partition coefficient (Wildman–Crippen LogP) is 3.45. The molecule has 2 aromatic carbocycles. The molecule has 0 saturated heterocycles. The van der Waals surface area contributed by atoms with Crippen molar-refractivity contribution in [2.45, 2.75) is 19.4 Å². The Kier molecular flexibility index (Phi) is 5.51. The van der Waals surface area contributed by atoms with Gasteiger partial charge in [-0.1, -0.05) is 18.2 Å². The summed E-state index contributed by atoms with van der Waals surface area (Å²) in [5.41, 5.74) is 2.00. The van der Waals surface area contributed by atoms with Gasteiger partial charge in [-0.15, -0.1) is 0 Å². The minimum Gasteiger partial charge on any atom is -0.451 e. The minimum absolute atomic E-state index is 0.247. The van der Waals surface area contributed by atoms with Crippen molar-refractivity contribution >= 4 is 34.3 Å². The van der Waals surface area contributed by atoms with E-state index in [0.717, 1.165) is 10.9 Å². The van der Waals surface area contributed by atoms with Crippen molar-refractivity contribution in [3.8, 4) is 6.07 Å². The Labute approximate surface area is 160 Å². The molecule has 1 amide bonds. The molecule has 0 aliphatic heterocycles. The molecule has 0 aliphatic rings. The summed E-state index contributed by atoms with van der Waals surface area (Å²) in [6, 6.07) is 15.1. The van der Waals surface area contributed by atoms with E-state index in [1.54, 1.807) is 12.3 Å². The number of Topliss-reactive ketones (excluding diaryl/α,β-unsaturated/α-hetero) is 1. The van der Waals surface area contributed by atoms with E-state index in [0.29, 0.717) is 11.3 Å². The minimum atomic E-state index is -0.957. The van der Waals surface area contributed by atoms with Crippen LogP contribution in [0.5, 0.6) is 0 Å². The standard InChI is InChI=1S/C21H17N3O4/c1-13(20(26)17-12-23-18-5-3-2-4-16(17)18)28-21(27)14-6-8-15(9-7-14)24-19(25)10-11-22/h2-9,12-13,23H,10H2,1H3,(H,24,25)/t13-/m1/s1. The summed E-state index contributed by atoms with van der Waals surface area (Å²) in [7, 11) is 0. The van der Waals surface area contributed by atoms with Crippen molar-refractivity contribution in [2.75, 3.05) is 5.32 Å². The van der Waals surface area contributed by atoms with Gasteiger partial charge in [0.1, 0.15) is 6.42 Å². The van der Waals surface area contributed by atoms with E-state index in [1.165, 1.54) is 31.2 Å². The highest BCUT2D eigenvalue weighted by molar-refractivity contribution is 6.10. The number of fused-ring (bicyclic) bond motifs is 1. The number of nitriles is 1. The largest absolute Gasteiger partial charge is 0.451 e. The van der Waals surface area contributed by atoms with Crippen LogP contribution in [-0.4, -0.2) is 28.7 Å². The highest BCUT2D eigenvalue weighted by Crippen LogP contribution is 2.20. The average Bonchev–Trinajstić information content (AvgIpc) is 3.12. The van der Waals surface area contributed by atoms with Crippen LogP contribution < -0.4 is 5.32 Å². The van der Waals surface area contributed by atoms with Crippen LogP contribution in [0, 0.1) is 11.3 Å². The number of amides is 1. The first kappa shape index (κ1) is 18.9. The summed E-state index contributed by atoms with van der Waals surface area (Å²) in [5.74, 6) is -1.38. The molecule has 0 spiro atoms. The number of H-pyrrole nitrogens is 1. The van der Waals surface area contributed by atoms with E-state index >= 15 is 0 Å². The number of esters is 1. The van der Waals surface area contributed by atoms with Crippen molar-refractivity contribution < 1.29 is 19.1 Å². The molecule has 7 heteroatoms. The van der Waals surface area contributed by atoms with Gasteiger partial charge in [0.2, 0.25) is 11.7 Å². The lowest BCUT2D eigenvalue weighted by atomic mass is 10.1. The van der Waals surface area contributed by atoms with E-state index in [2.05, 4.69) is 10.3 Å². The summed E-state index contributed by atoms with van der Waals surface area (Å²) < 4.78 is 5.30. The van der Waals surface area contributed by atoms with Crippen LogP contribution in [0.3, 0.4) is 0 Å². The first-order chi connectivity index (χ1) is 13.5. The van der Waals surface area contributed by atoms with Gasteiger partial charge in [-0.05, 0) is 37.3 Å². The van der Waals surface area contributed by atoms with Gasteiger partial charge in [0.05, 0.1) is 11.6 Å². The van der Waals surface area contributed by atoms with Gasteiger partial charge in [0, 0.05) is 28.4 Å². The lowest BCUT2D eigenvalue weighted by Gasteiger charge is -2.12. The fraction of sp³-hybridized carbons (Fsp3) is 0.143. The van der Waals surface area contributed by atoms with Crippen LogP contribution >= 0.6 is 0 Å². The second-order valence-corrected chi connectivity index (χ2v) is 6.12. The zero-order valence-electron chi connectivity index (χ0n) is 15.1. The van der Waals surface area contributed by atoms with Gasteiger partial charge in [-0.25, -0.2) is 4.79 Å². The maximum Gasteiger partial charge on any atom is 0.338 e. The number of carbonyl (C=O) groups excluding carboxylic acids is 3. The zero-order valence-corrected chi connectivity index (χ0v) is 15.1. The Morgan fingerprint density at radius 2 is 1.86 bits per heavy atom. The van der Waals surface area contributed by atoms with Gasteiger partial charge >= 0.3 is 5.97 Å². The number of ether oxygens (including phenoxy) is 1. The van der Waals surface area contributed by atoms with Crippen LogP contribution in [0.4, 0.5) is 5.69 Å². The molecule has 3 aromatic rings. The van der Waals surface area contributed by atoms with E-state index in [-0.39, 0.29) is 17.8 Å². The number of benzene rings is 2. The van der Waals surface area contributed by atoms with Crippen molar-refractivity contribution in [1.82, 2.24) is 4.98 Å². The van der Waals surface area contributed by atoms with Gasteiger partial charge < -0.3 is 15.0 Å². The first-order valence-corrected chi connectivity index (χ1v) is 8.58. The molecule has 2 N–H and O–H groups in total. The molecule has 1 atom stereocenters. The van der Waals surface area contributed by atoms with Crippen LogP contribution in [0.1, 0.15) is 34.1 Å². The normalized spacial score (nSPS) is 11.4. The Morgan fingerprint density at radius 1 is 1.14 bits per heavy atom. The molecular weight excluding hydrogens is 358 g/mol. The van der Waals surface area contributed by atoms with E-state index in [4.69, 9.17) is 10.00 Å². The highest BCUT2D eigenvalue weighted by atomic mass is 16.5. The Bertz CT molecular complexity index is 1080. The fourth-order valence-electron chi connectivity index (χ4n) is 2.74. The Balaban J connectivity index is 1.66. The van der Waals surface area contributed by atoms with Crippen LogP contribution in [-0.2, 0) is 9.53 Å². The molecule has 0 radical (unpaired) electrons. The van der Waals surface area contributed by atoms with Crippen LogP contribution in [0.15, 0.2) is 54.7 Å². The maximum atomic E-state index is 12.7. The molecule has 0 bridgehead atoms. The summed E-state index contributed by atoms with van der Waals surface area (Å²) in [5, 5.41) is 11.8. The third-order valence-electron chi connectivity index (χ3n) is 4.15. The topological polar surface area (TPSA) is 112 Å². The number of carbonyl (C=O) groups is 3. The summed E-state index contributed by atoms with van der Waals surface area (Å²) in [6.07, 6.45) is 0.398. The number of nitrogens with zero attached hydrogens (tertiary/aromatic N) is 1. The van der Waals surface area contributed by atoms with Crippen LogP contribution in [0.2, 0.25) is 0 Å². The number of ketones is 1. The monoisotopic (exact) mass is 375 g/mol. The third-order valence-corrected chi connectivity index (χ3v) is 4.15. The van der Waals surface area contributed by atoms with Gasteiger partial charge in [-0.2, -0.15) is 5.26 Å².